The Morgan fingerprint density at radius 2 is 2.00 bits per heavy atom. The van der Waals surface area contributed by atoms with Crippen molar-refractivity contribution in [3.05, 3.63) is 66.3 Å². The van der Waals surface area contributed by atoms with Crippen LogP contribution in [0, 0.1) is 17.1 Å². The molecule has 0 unspecified atom stereocenters. The normalized spacial score (nSPS) is 10.6. The van der Waals surface area contributed by atoms with Crippen molar-refractivity contribution in [1.29, 1.82) is 5.26 Å². The summed E-state index contributed by atoms with van der Waals surface area (Å²) in [6.45, 7) is 0.445. The van der Waals surface area contributed by atoms with E-state index < -0.39 is 0 Å². The lowest BCUT2D eigenvalue weighted by atomic mass is 9.98. The van der Waals surface area contributed by atoms with Crippen molar-refractivity contribution in [3.8, 4) is 17.3 Å². The summed E-state index contributed by atoms with van der Waals surface area (Å²) in [4.78, 5) is 20.8. The summed E-state index contributed by atoms with van der Waals surface area (Å²) in [6.07, 6.45) is 8.37. The van der Waals surface area contributed by atoms with Crippen molar-refractivity contribution in [2.75, 3.05) is 17.6 Å². The molecule has 0 fully saturated rings. The van der Waals surface area contributed by atoms with E-state index in [1.54, 1.807) is 30.9 Å². The van der Waals surface area contributed by atoms with Gasteiger partial charge in [0.2, 0.25) is 0 Å². The number of nitrogens with two attached hydrogens (primary N) is 1. The first-order valence-electron chi connectivity index (χ1n) is 8.75. The number of fused-ring (bicyclic) bond motifs is 1. The number of anilines is 2. The summed E-state index contributed by atoms with van der Waals surface area (Å²) in [7, 11) is 0. The van der Waals surface area contributed by atoms with E-state index in [4.69, 9.17) is 5.73 Å². The molecule has 142 valence electrons. The average Bonchev–Trinajstić information content (AvgIpc) is 2.74. The Bertz CT molecular complexity index is 1220. The lowest BCUT2D eigenvalue weighted by molar-refractivity contribution is 0.629. The second-order valence-electron chi connectivity index (χ2n) is 6.18. The Balaban J connectivity index is 1.69. The van der Waals surface area contributed by atoms with Crippen LogP contribution in [0.5, 0.6) is 0 Å². The number of hydrogen-bond donors (Lipinski definition) is 2. The van der Waals surface area contributed by atoms with Crippen molar-refractivity contribution in [2.45, 2.75) is 6.42 Å². The van der Waals surface area contributed by atoms with Crippen LogP contribution in [0.4, 0.5) is 16.0 Å². The van der Waals surface area contributed by atoms with Crippen molar-refractivity contribution in [1.82, 2.24) is 24.9 Å². The highest BCUT2D eigenvalue weighted by Crippen LogP contribution is 2.30. The highest BCUT2D eigenvalue weighted by atomic mass is 19.1. The first-order chi connectivity index (χ1) is 14.2. The number of halogens is 1. The number of nitriles is 1. The number of nitrogens with one attached hydrogen (secondary N) is 1. The van der Waals surface area contributed by atoms with Gasteiger partial charge in [-0.05, 0) is 30.2 Å². The van der Waals surface area contributed by atoms with Gasteiger partial charge < -0.3 is 11.1 Å². The second kappa shape index (κ2) is 7.82. The van der Waals surface area contributed by atoms with Gasteiger partial charge in [-0.25, -0.2) is 14.4 Å². The van der Waals surface area contributed by atoms with Gasteiger partial charge in [0, 0.05) is 36.1 Å². The third-order valence-corrected chi connectivity index (χ3v) is 4.40. The number of benzene rings is 1. The van der Waals surface area contributed by atoms with Crippen LogP contribution >= 0.6 is 0 Å². The van der Waals surface area contributed by atoms with E-state index in [1.807, 2.05) is 6.07 Å². The summed E-state index contributed by atoms with van der Waals surface area (Å²) >= 11 is 0. The van der Waals surface area contributed by atoms with Gasteiger partial charge in [0.15, 0.2) is 0 Å². The fourth-order valence-electron chi connectivity index (χ4n) is 3.09. The van der Waals surface area contributed by atoms with E-state index in [9.17, 15) is 9.65 Å². The number of hydrogen-bond acceptors (Lipinski definition) is 8. The van der Waals surface area contributed by atoms with Gasteiger partial charge in [-0.1, -0.05) is 0 Å². The molecule has 3 heterocycles. The van der Waals surface area contributed by atoms with Crippen LogP contribution in [-0.4, -0.2) is 31.5 Å². The maximum atomic E-state index is 13.9. The maximum Gasteiger partial charge on any atom is 0.149 e. The number of nitrogen functional groups attached to an aromatic ring is 1. The summed E-state index contributed by atoms with van der Waals surface area (Å²) in [5, 5.41) is 13.0. The monoisotopic (exact) mass is 386 g/mol. The molecule has 4 rings (SSSR count). The SMILES string of the molecule is N#Cc1c(N)ncnc1NCCc1cnc2ccc(F)cc2c1-c1cnccn1. The van der Waals surface area contributed by atoms with Gasteiger partial charge >= 0.3 is 0 Å². The average molecular weight is 386 g/mol. The molecule has 3 aromatic heterocycles. The molecule has 0 atom stereocenters. The summed E-state index contributed by atoms with van der Waals surface area (Å²) in [6, 6.07) is 6.45. The Morgan fingerprint density at radius 3 is 2.79 bits per heavy atom. The molecule has 29 heavy (non-hydrogen) atoms. The molecule has 3 N–H and O–H groups in total. The Hall–Kier alpha value is -4.19. The molecule has 0 aliphatic heterocycles. The van der Waals surface area contributed by atoms with E-state index >= 15 is 0 Å². The largest absolute Gasteiger partial charge is 0.382 e. The fraction of sp³-hybridized carbons (Fsp3) is 0.100. The second-order valence-corrected chi connectivity index (χ2v) is 6.18. The highest BCUT2D eigenvalue weighted by molar-refractivity contribution is 5.95. The molecule has 1 aromatic carbocycles. The highest BCUT2D eigenvalue weighted by Gasteiger charge is 2.14. The van der Waals surface area contributed by atoms with Gasteiger partial charge in [-0.2, -0.15) is 5.26 Å². The van der Waals surface area contributed by atoms with E-state index in [0.29, 0.717) is 35.4 Å². The summed E-state index contributed by atoms with van der Waals surface area (Å²) in [5.74, 6) is 0.128. The van der Waals surface area contributed by atoms with Crippen LogP contribution < -0.4 is 11.1 Å². The fourth-order valence-corrected chi connectivity index (χ4v) is 3.09. The number of nitrogens with zero attached hydrogens (tertiary/aromatic N) is 6. The van der Waals surface area contributed by atoms with Crippen LogP contribution in [0.15, 0.2) is 49.3 Å². The molecule has 4 aromatic rings. The lowest BCUT2D eigenvalue weighted by Crippen LogP contribution is -2.11. The van der Waals surface area contributed by atoms with Crippen LogP contribution in [0.25, 0.3) is 22.2 Å². The molecule has 0 saturated heterocycles. The third-order valence-electron chi connectivity index (χ3n) is 4.40. The standard InChI is InChI=1S/C20H15FN8/c21-13-1-2-16-14(7-13)18(17-10-24-5-6-25-17)12(9-27-16)3-4-26-20-15(8-22)19(23)28-11-29-20/h1-2,5-7,9-11H,3-4H2,(H3,23,26,28,29). The zero-order chi connectivity index (χ0) is 20.2. The van der Waals surface area contributed by atoms with Gasteiger partial charge in [-0.15, -0.1) is 0 Å². The van der Waals surface area contributed by atoms with Gasteiger partial charge in [-0.3, -0.25) is 15.0 Å². The molecule has 0 aliphatic carbocycles. The topological polar surface area (TPSA) is 126 Å². The molecule has 8 nitrogen and oxygen atoms in total. The predicted molar refractivity (Wildman–Crippen MR) is 106 cm³/mol. The molecule has 0 radical (unpaired) electrons. The van der Waals surface area contributed by atoms with E-state index in [1.165, 1.54) is 18.5 Å². The molecular weight excluding hydrogens is 371 g/mol. The molecule has 0 bridgehead atoms. The van der Waals surface area contributed by atoms with Crippen molar-refractivity contribution in [3.63, 3.8) is 0 Å². The van der Waals surface area contributed by atoms with Crippen LogP contribution in [0.3, 0.4) is 0 Å². The molecule has 0 amide bonds. The summed E-state index contributed by atoms with van der Waals surface area (Å²) < 4.78 is 13.9. The minimum absolute atomic E-state index is 0.119. The quantitative estimate of drug-likeness (QED) is 0.536. The van der Waals surface area contributed by atoms with Crippen LogP contribution in [-0.2, 0) is 6.42 Å². The maximum absolute atomic E-state index is 13.9. The molecule has 0 spiro atoms. The van der Waals surface area contributed by atoms with E-state index in [2.05, 4.69) is 30.2 Å². The van der Waals surface area contributed by atoms with Gasteiger partial charge in [0.05, 0.1) is 17.4 Å². The molecule has 0 aliphatic rings. The van der Waals surface area contributed by atoms with Crippen molar-refractivity contribution < 1.29 is 4.39 Å². The first-order valence-corrected chi connectivity index (χ1v) is 8.75. The Labute approximate surface area is 165 Å². The van der Waals surface area contributed by atoms with Crippen molar-refractivity contribution in [2.24, 2.45) is 0 Å². The minimum atomic E-state index is -0.352. The smallest absolute Gasteiger partial charge is 0.149 e. The number of aromatic nitrogens is 5. The molecule has 9 heteroatoms. The first kappa shape index (κ1) is 18.2. The number of pyridine rings is 1. The van der Waals surface area contributed by atoms with Gasteiger partial charge in [0.25, 0.3) is 0 Å². The summed E-state index contributed by atoms with van der Waals surface area (Å²) in [5.41, 5.74) is 8.84. The van der Waals surface area contributed by atoms with E-state index in [-0.39, 0.29) is 17.2 Å². The third kappa shape index (κ3) is 3.64. The number of rotatable bonds is 5. The minimum Gasteiger partial charge on any atom is -0.382 e. The van der Waals surface area contributed by atoms with Crippen LogP contribution in [0.2, 0.25) is 0 Å². The Kier molecular flexibility index (Phi) is 4.90. The van der Waals surface area contributed by atoms with Crippen molar-refractivity contribution >= 4 is 22.5 Å². The Morgan fingerprint density at radius 1 is 1.10 bits per heavy atom. The van der Waals surface area contributed by atoms with Crippen LogP contribution in [0.1, 0.15) is 11.1 Å². The zero-order valence-electron chi connectivity index (χ0n) is 15.2. The lowest BCUT2D eigenvalue weighted by Gasteiger charge is -2.13. The van der Waals surface area contributed by atoms with Gasteiger partial charge in [0.1, 0.15) is 35.4 Å². The predicted octanol–water partition coefficient (Wildman–Crippen LogP) is 2.73. The zero-order valence-corrected chi connectivity index (χ0v) is 15.2. The van der Waals surface area contributed by atoms with E-state index in [0.717, 1.165) is 11.1 Å². The molecular formula is C20H15FN8. The molecule has 0 saturated carbocycles.